The Kier molecular flexibility index (Phi) is 4.75. The topological polar surface area (TPSA) is 24.4 Å². The first kappa shape index (κ1) is 12.8. The highest BCUT2D eigenvalue weighted by atomic mass is 35.5. The highest BCUT2D eigenvalue weighted by Crippen LogP contribution is 2.24. The molecule has 0 saturated carbocycles. The van der Waals surface area contributed by atoms with E-state index in [1.165, 1.54) is 12.8 Å². The molecule has 0 fully saturated rings. The molecule has 1 N–H and O–H groups in total. The van der Waals surface area contributed by atoms with E-state index in [4.69, 9.17) is 11.6 Å². The molecule has 1 aliphatic heterocycles. The summed E-state index contributed by atoms with van der Waals surface area (Å²) in [6.07, 6.45) is 2.47. The Labute approximate surface area is 112 Å². The number of nitrogens with zero attached hydrogens (tertiary/aromatic N) is 1. The maximum Gasteiger partial charge on any atom is 0.157 e. The molecule has 92 valence electrons. The summed E-state index contributed by atoms with van der Waals surface area (Å²) in [7, 11) is 0. The van der Waals surface area contributed by atoms with Gasteiger partial charge in [0, 0.05) is 16.8 Å². The Morgan fingerprint density at radius 3 is 3.06 bits per heavy atom. The van der Waals surface area contributed by atoms with Gasteiger partial charge in [-0.25, -0.2) is 0 Å². The van der Waals surface area contributed by atoms with E-state index in [2.05, 4.69) is 17.2 Å². The lowest BCUT2D eigenvalue weighted by Crippen LogP contribution is -2.19. The molecule has 17 heavy (non-hydrogen) atoms. The molecule has 1 heterocycles. The SMILES string of the molecule is CCCC1CN=C(NCc2ccccc2Cl)S1. The molecule has 4 heteroatoms. The number of thioether (sulfide) groups is 1. The molecule has 2 nitrogen and oxygen atoms in total. The van der Waals surface area contributed by atoms with Gasteiger partial charge < -0.3 is 5.32 Å². The van der Waals surface area contributed by atoms with E-state index in [1.807, 2.05) is 36.0 Å². The van der Waals surface area contributed by atoms with Crippen LogP contribution in [0.2, 0.25) is 5.02 Å². The van der Waals surface area contributed by atoms with Crippen LogP contribution >= 0.6 is 23.4 Å². The summed E-state index contributed by atoms with van der Waals surface area (Å²) in [4.78, 5) is 4.51. The van der Waals surface area contributed by atoms with E-state index in [1.54, 1.807) is 0 Å². The average molecular weight is 269 g/mol. The van der Waals surface area contributed by atoms with Crippen LogP contribution in [0.25, 0.3) is 0 Å². The lowest BCUT2D eigenvalue weighted by atomic mass is 10.2. The van der Waals surface area contributed by atoms with E-state index in [0.717, 1.165) is 28.8 Å². The summed E-state index contributed by atoms with van der Waals surface area (Å²) in [5.41, 5.74) is 1.12. The second kappa shape index (κ2) is 6.31. The molecule has 0 aliphatic carbocycles. The molecule has 0 saturated heterocycles. The van der Waals surface area contributed by atoms with Crippen LogP contribution in [0.15, 0.2) is 29.3 Å². The summed E-state index contributed by atoms with van der Waals surface area (Å²) in [5.74, 6) is 0. The van der Waals surface area contributed by atoms with Gasteiger partial charge in [-0.3, -0.25) is 4.99 Å². The normalized spacial score (nSPS) is 19.2. The zero-order chi connectivity index (χ0) is 12.1. The number of hydrogen-bond acceptors (Lipinski definition) is 3. The van der Waals surface area contributed by atoms with Crippen molar-refractivity contribution in [2.75, 3.05) is 6.54 Å². The third-order valence-electron chi connectivity index (χ3n) is 2.72. The molecule has 0 aromatic heterocycles. The fourth-order valence-electron chi connectivity index (χ4n) is 1.80. The standard InChI is InChI=1S/C13H17ClN2S/c1-2-5-11-9-16-13(17-11)15-8-10-6-3-4-7-12(10)14/h3-4,6-7,11H,2,5,8-9H2,1H3,(H,15,16). The van der Waals surface area contributed by atoms with Gasteiger partial charge in [-0.2, -0.15) is 0 Å². The smallest absolute Gasteiger partial charge is 0.157 e. The van der Waals surface area contributed by atoms with Crippen molar-refractivity contribution in [3.63, 3.8) is 0 Å². The third-order valence-corrected chi connectivity index (χ3v) is 4.30. The third kappa shape index (κ3) is 3.65. The van der Waals surface area contributed by atoms with Gasteiger partial charge in [-0.05, 0) is 18.1 Å². The molecular weight excluding hydrogens is 252 g/mol. The van der Waals surface area contributed by atoms with Crippen molar-refractivity contribution in [2.45, 2.75) is 31.6 Å². The summed E-state index contributed by atoms with van der Waals surface area (Å²) in [6, 6.07) is 7.92. The number of benzene rings is 1. The Morgan fingerprint density at radius 2 is 2.29 bits per heavy atom. The quantitative estimate of drug-likeness (QED) is 0.900. The Bertz CT molecular complexity index is 406. The predicted octanol–water partition coefficient (Wildman–Crippen LogP) is 3.70. The maximum absolute atomic E-state index is 6.10. The highest BCUT2D eigenvalue weighted by Gasteiger charge is 2.18. The van der Waals surface area contributed by atoms with Crippen LogP contribution in [0.1, 0.15) is 25.3 Å². The van der Waals surface area contributed by atoms with Crippen LogP contribution in [0.5, 0.6) is 0 Å². The summed E-state index contributed by atoms with van der Waals surface area (Å²) < 4.78 is 0. The summed E-state index contributed by atoms with van der Waals surface area (Å²) in [5, 5.41) is 5.89. The van der Waals surface area contributed by atoms with Crippen molar-refractivity contribution in [1.82, 2.24) is 5.32 Å². The van der Waals surface area contributed by atoms with Crippen molar-refractivity contribution in [3.05, 3.63) is 34.9 Å². The predicted molar refractivity (Wildman–Crippen MR) is 76.9 cm³/mol. The lowest BCUT2D eigenvalue weighted by Gasteiger charge is -2.08. The van der Waals surface area contributed by atoms with Crippen molar-refractivity contribution in [3.8, 4) is 0 Å². The van der Waals surface area contributed by atoms with Gasteiger partial charge in [0.05, 0.1) is 6.54 Å². The Hall–Kier alpha value is -0.670. The molecule has 1 unspecified atom stereocenters. The highest BCUT2D eigenvalue weighted by molar-refractivity contribution is 8.14. The van der Waals surface area contributed by atoms with E-state index < -0.39 is 0 Å². The first-order chi connectivity index (χ1) is 8.29. The molecule has 1 aliphatic rings. The number of amidine groups is 1. The molecule has 0 radical (unpaired) electrons. The first-order valence-corrected chi connectivity index (χ1v) is 7.23. The molecule has 0 spiro atoms. The van der Waals surface area contributed by atoms with Gasteiger partial charge >= 0.3 is 0 Å². The second-order valence-corrected chi connectivity index (χ2v) is 5.82. The Balaban J connectivity index is 1.82. The Morgan fingerprint density at radius 1 is 1.47 bits per heavy atom. The van der Waals surface area contributed by atoms with Gasteiger partial charge in [-0.1, -0.05) is 54.9 Å². The van der Waals surface area contributed by atoms with Crippen LogP contribution in [0, 0.1) is 0 Å². The zero-order valence-corrected chi connectivity index (χ0v) is 11.5. The van der Waals surface area contributed by atoms with Gasteiger partial charge in [-0.15, -0.1) is 0 Å². The van der Waals surface area contributed by atoms with Crippen LogP contribution < -0.4 is 5.32 Å². The second-order valence-electron chi connectivity index (χ2n) is 4.12. The van der Waals surface area contributed by atoms with E-state index >= 15 is 0 Å². The fraction of sp³-hybridized carbons (Fsp3) is 0.462. The van der Waals surface area contributed by atoms with Crippen molar-refractivity contribution in [1.29, 1.82) is 0 Å². The van der Waals surface area contributed by atoms with Crippen LogP contribution in [0.4, 0.5) is 0 Å². The number of hydrogen-bond donors (Lipinski definition) is 1. The number of rotatable bonds is 4. The minimum absolute atomic E-state index is 0.661. The van der Waals surface area contributed by atoms with Gasteiger partial charge in [0.1, 0.15) is 0 Å². The molecule has 1 aromatic carbocycles. The fourth-order valence-corrected chi connectivity index (χ4v) is 3.12. The van der Waals surface area contributed by atoms with Gasteiger partial charge in [0.2, 0.25) is 0 Å². The van der Waals surface area contributed by atoms with Crippen molar-refractivity contribution >= 4 is 28.5 Å². The van der Waals surface area contributed by atoms with E-state index in [0.29, 0.717) is 5.25 Å². The molecule has 0 bridgehead atoms. The van der Waals surface area contributed by atoms with Crippen LogP contribution in [0.3, 0.4) is 0 Å². The lowest BCUT2D eigenvalue weighted by molar-refractivity contribution is 0.753. The summed E-state index contributed by atoms with van der Waals surface area (Å²) in [6.45, 7) is 3.92. The number of aliphatic imine (C=N–C) groups is 1. The molecule has 2 rings (SSSR count). The maximum atomic E-state index is 6.10. The van der Waals surface area contributed by atoms with Crippen LogP contribution in [-0.2, 0) is 6.54 Å². The minimum atomic E-state index is 0.661. The minimum Gasteiger partial charge on any atom is -0.361 e. The van der Waals surface area contributed by atoms with E-state index in [-0.39, 0.29) is 0 Å². The number of nitrogens with one attached hydrogen (secondary N) is 1. The van der Waals surface area contributed by atoms with Crippen LogP contribution in [-0.4, -0.2) is 17.0 Å². The monoisotopic (exact) mass is 268 g/mol. The van der Waals surface area contributed by atoms with E-state index in [9.17, 15) is 0 Å². The largest absolute Gasteiger partial charge is 0.361 e. The molecule has 1 aromatic rings. The molecule has 1 atom stereocenters. The summed E-state index contributed by atoms with van der Waals surface area (Å²) >= 11 is 7.96. The van der Waals surface area contributed by atoms with Crippen molar-refractivity contribution in [2.24, 2.45) is 4.99 Å². The van der Waals surface area contributed by atoms with Gasteiger partial charge in [0.25, 0.3) is 0 Å². The molecular formula is C13H17ClN2S. The molecule has 0 amide bonds. The van der Waals surface area contributed by atoms with Gasteiger partial charge in [0.15, 0.2) is 5.17 Å². The average Bonchev–Trinajstić information content (AvgIpc) is 2.76. The van der Waals surface area contributed by atoms with Crippen molar-refractivity contribution < 1.29 is 0 Å². The first-order valence-electron chi connectivity index (χ1n) is 5.98. The number of halogens is 1. The zero-order valence-electron chi connectivity index (χ0n) is 9.95.